The number of anilines is 2. The lowest BCUT2D eigenvalue weighted by Crippen LogP contribution is -1.97. The molecule has 0 fully saturated rings. The second kappa shape index (κ2) is 8.55. The summed E-state index contributed by atoms with van der Waals surface area (Å²) < 4.78 is 12.0. The Hall–Kier alpha value is -2.36. The number of aromatic nitrogens is 3. The van der Waals surface area contributed by atoms with Gasteiger partial charge in [-0.25, -0.2) is 4.98 Å². The predicted octanol–water partition coefficient (Wildman–Crippen LogP) is 5.69. The molecular weight excluding hydrogens is 400 g/mol. The fourth-order valence-corrected chi connectivity index (χ4v) is 4.60. The van der Waals surface area contributed by atoms with E-state index in [2.05, 4.69) is 20.5 Å². The van der Waals surface area contributed by atoms with Crippen molar-refractivity contribution in [1.29, 1.82) is 0 Å². The number of para-hydroxylation sites is 2. The quantitative estimate of drug-likeness (QED) is 0.370. The van der Waals surface area contributed by atoms with Crippen molar-refractivity contribution in [2.75, 3.05) is 11.9 Å². The van der Waals surface area contributed by atoms with Crippen LogP contribution in [0.15, 0.2) is 56.8 Å². The van der Waals surface area contributed by atoms with E-state index in [4.69, 9.17) is 9.15 Å². The lowest BCUT2D eigenvalue weighted by Gasteiger charge is -2.09. The van der Waals surface area contributed by atoms with Gasteiger partial charge in [-0.2, -0.15) is 0 Å². The molecule has 0 saturated carbocycles. The number of ether oxygens (including phenoxy) is 1. The first kappa shape index (κ1) is 18.0. The molecule has 0 radical (unpaired) electrons. The highest BCUT2D eigenvalue weighted by Gasteiger charge is 2.11. The zero-order valence-corrected chi connectivity index (χ0v) is 16.9. The first-order valence-corrected chi connectivity index (χ1v) is 10.9. The van der Waals surface area contributed by atoms with Crippen LogP contribution in [0.4, 0.5) is 10.8 Å². The van der Waals surface area contributed by atoms with Crippen molar-refractivity contribution in [2.45, 2.75) is 17.0 Å². The van der Waals surface area contributed by atoms with Gasteiger partial charge in [-0.1, -0.05) is 41.3 Å². The van der Waals surface area contributed by atoms with Crippen LogP contribution in [-0.4, -0.2) is 21.8 Å². The van der Waals surface area contributed by atoms with Gasteiger partial charge in [0.05, 0.1) is 22.9 Å². The van der Waals surface area contributed by atoms with E-state index < -0.39 is 0 Å². The summed E-state index contributed by atoms with van der Waals surface area (Å²) in [4.78, 5) is 5.55. The van der Waals surface area contributed by atoms with Gasteiger partial charge in [-0.15, -0.1) is 21.5 Å². The maximum atomic E-state index is 5.63. The van der Waals surface area contributed by atoms with E-state index in [1.807, 2.05) is 48.7 Å². The molecule has 0 bridgehead atoms. The maximum absolute atomic E-state index is 5.63. The highest BCUT2D eigenvalue weighted by Crippen LogP contribution is 2.33. The fourth-order valence-electron chi connectivity index (χ4n) is 2.31. The van der Waals surface area contributed by atoms with Gasteiger partial charge in [0, 0.05) is 5.75 Å². The molecule has 0 atom stereocenters. The fraction of sp³-hybridized carbons (Fsp3) is 0.167. The summed E-state index contributed by atoms with van der Waals surface area (Å²) in [5.74, 6) is 2.14. The first-order valence-electron chi connectivity index (χ1n) is 8.25. The Kier molecular flexibility index (Phi) is 5.71. The normalized spacial score (nSPS) is 10.9. The van der Waals surface area contributed by atoms with E-state index in [9.17, 15) is 0 Å². The molecule has 0 aliphatic rings. The smallest absolute Gasteiger partial charge is 0.236 e. The van der Waals surface area contributed by atoms with Gasteiger partial charge in [0.25, 0.3) is 0 Å². The molecular formula is C18H16N4O2S3. The van der Waals surface area contributed by atoms with E-state index in [0.717, 1.165) is 31.5 Å². The molecule has 1 aromatic carbocycles. The molecule has 0 unspecified atom stereocenters. The highest BCUT2D eigenvalue weighted by molar-refractivity contribution is 8.00. The van der Waals surface area contributed by atoms with E-state index in [1.54, 1.807) is 29.4 Å². The van der Waals surface area contributed by atoms with Crippen molar-refractivity contribution >= 4 is 45.3 Å². The van der Waals surface area contributed by atoms with Crippen molar-refractivity contribution in [2.24, 2.45) is 0 Å². The molecule has 138 valence electrons. The number of oxazole rings is 1. The van der Waals surface area contributed by atoms with Crippen molar-refractivity contribution in [1.82, 2.24) is 15.2 Å². The summed E-state index contributed by atoms with van der Waals surface area (Å²) >= 11 is 4.69. The van der Waals surface area contributed by atoms with E-state index in [1.165, 1.54) is 11.3 Å². The van der Waals surface area contributed by atoms with Crippen LogP contribution in [0.1, 0.15) is 12.6 Å². The van der Waals surface area contributed by atoms with Crippen molar-refractivity contribution < 1.29 is 9.15 Å². The molecule has 3 aromatic heterocycles. The average Bonchev–Trinajstić information content (AvgIpc) is 3.43. The van der Waals surface area contributed by atoms with Gasteiger partial charge in [-0.3, -0.25) is 0 Å². The Bertz CT molecular complexity index is 998. The average molecular weight is 417 g/mol. The molecule has 4 aromatic rings. The third-order valence-electron chi connectivity index (χ3n) is 3.46. The number of nitrogens with zero attached hydrogens (tertiary/aromatic N) is 3. The molecule has 0 amide bonds. The van der Waals surface area contributed by atoms with Gasteiger partial charge in [-0.05, 0) is 30.5 Å². The van der Waals surface area contributed by atoms with Crippen molar-refractivity contribution in [3.05, 3.63) is 53.7 Å². The van der Waals surface area contributed by atoms with Crippen molar-refractivity contribution in [3.8, 4) is 16.5 Å². The van der Waals surface area contributed by atoms with Crippen LogP contribution in [-0.2, 0) is 5.75 Å². The molecule has 0 saturated heterocycles. The third kappa shape index (κ3) is 4.49. The first-order chi connectivity index (χ1) is 13.3. The number of hydrogen-bond acceptors (Lipinski definition) is 9. The van der Waals surface area contributed by atoms with Crippen LogP contribution in [0, 0.1) is 0 Å². The minimum absolute atomic E-state index is 0.612. The van der Waals surface area contributed by atoms with Crippen LogP contribution in [0.2, 0.25) is 0 Å². The Morgan fingerprint density at radius 1 is 1.19 bits per heavy atom. The summed E-state index contributed by atoms with van der Waals surface area (Å²) in [5.41, 5.74) is 1.76. The van der Waals surface area contributed by atoms with E-state index in [0.29, 0.717) is 18.3 Å². The number of thiophene rings is 1. The molecule has 1 N–H and O–H groups in total. The number of hydrogen-bond donors (Lipinski definition) is 1. The summed E-state index contributed by atoms with van der Waals surface area (Å²) in [5, 5.41) is 14.4. The summed E-state index contributed by atoms with van der Waals surface area (Å²) in [6.07, 6.45) is 1.70. The molecule has 0 spiro atoms. The van der Waals surface area contributed by atoms with Crippen LogP contribution in [0.25, 0.3) is 10.8 Å². The monoisotopic (exact) mass is 416 g/mol. The molecule has 6 nitrogen and oxygen atoms in total. The minimum Gasteiger partial charge on any atom is -0.492 e. The van der Waals surface area contributed by atoms with Crippen LogP contribution < -0.4 is 10.1 Å². The zero-order chi connectivity index (χ0) is 18.5. The Balaban J connectivity index is 1.37. The van der Waals surface area contributed by atoms with Crippen LogP contribution in [0.5, 0.6) is 5.75 Å². The van der Waals surface area contributed by atoms with Gasteiger partial charge in [0.2, 0.25) is 11.0 Å². The number of thioether (sulfide) groups is 1. The summed E-state index contributed by atoms with van der Waals surface area (Å²) in [6.45, 7) is 2.57. The molecule has 4 rings (SSSR count). The molecule has 9 heteroatoms. The van der Waals surface area contributed by atoms with E-state index in [-0.39, 0.29) is 0 Å². The summed E-state index contributed by atoms with van der Waals surface area (Å²) in [6, 6.07) is 11.8. The molecule has 0 aliphatic carbocycles. The lowest BCUT2D eigenvalue weighted by molar-refractivity contribution is 0.342. The number of nitrogens with one attached hydrogen (secondary N) is 1. The predicted molar refractivity (Wildman–Crippen MR) is 110 cm³/mol. The molecule has 3 heterocycles. The third-order valence-corrected chi connectivity index (χ3v) is 6.33. The number of benzene rings is 1. The largest absolute Gasteiger partial charge is 0.492 e. The Labute approximate surface area is 168 Å². The highest BCUT2D eigenvalue weighted by atomic mass is 32.2. The van der Waals surface area contributed by atoms with Gasteiger partial charge in [0.1, 0.15) is 12.0 Å². The van der Waals surface area contributed by atoms with Gasteiger partial charge < -0.3 is 14.5 Å². The Morgan fingerprint density at radius 3 is 2.96 bits per heavy atom. The topological polar surface area (TPSA) is 73.1 Å². The van der Waals surface area contributed by atoms with Gasteiger partial charge >= 0.3 is 0 Å². The Morgan fingerprint density at radius 2 is 2.11 bits per heavy atom. The van der Waals surface area contributed by atoms with Crippen LogP contribution in [0.3, 0.4) is 0 Å². The lowest BCUT2D eigenvalue weighted by atomic mass is 10.3. The molecule has 0 aliphatic heterocycles. The second-order valence-corrected chi connectivity index (χ2v) is 8.48. The number of rotatable bonds is 8. The summed E-state index contributed by atoms with van der Waals surface area (Å²) in [7, 11) is 0. The molecule has 27 heavy (non-hydrogen) atoms. The standard InChI is InChI=1S/C18H16N4O2S3/c1-2-23-14-7-4-3-6-13(14)20-17-21-22-18(27-17)26-11-12-10-24-16(19-12)15-8-5-9-25-15/h3-10H,2,11H2,1H3,(H,20,21). The van der Waals surface area contributed by atoms with Crippen LogP contribution >= 0.6 is 34.4 Å². The SMILES string of the molecule is CCOc1ccccc1Nc1nnc(SCc2coc(-c3cccs3)n2)s1. The minimum atomic E-state index is 0.612. The second-order valence-electron chi connectivity index (χ2n) is 5.34. The van der Waals surface area contributed by atoms with Gasteiger partial charge in [0.15, 0.2) is 4.34 Å². The van der Waals surface area contributed by atoms with Crippen molar-refractivity contribution in [3.63, 3.8) is 0 Å². The zero-order valence-electron chi connectivity index (χ0n) is 14.4. The van der Waals surface area contributed by atoms with E-state index >= 15 is 0 Å². The maximum Gasteiger partial charge on any atom is 0.236 e.